The van der Waals surface area contributed by atoms with E-state index < -0.39 is 0 Å². The fourth-order valence-electron chi connectivity index (χ4n) is 2.36. The highest BCUT2D eigenvalue weighted by atomic mass is 35.5. The van der Waals surface area contributed by atoms with Gasteiger partial charge in [0.25, 0.3) is 0 Å². The molecule has 0 amide bonds. The lowest BCUT2D eigenvalue weighted by Crippen LogP contribution is -2.14. The Morgan fingerprint density at radius 2 is 1.96 bits per heavy atom. The van der Waals surface area contributed by atoms with Gasteiger partial charge in [-0.05, 0) is 43.0 Å². The van der Waals surface area contributed by atoms with E-state index in [1.54, 1.807) is 16.0 Å². The Morgan fingerprint density at radius 1 is 1.13 bits per heavy atom. The van der Waals surface area contributed by atoms with Crippen molar-refractivity contribution in [3.63, 3.8) is 0 Å². The molecule has 0 aliphatic rings. The van der Waals surface area contributed by atoms with Gasteiger partial charge >= 0.3 is 0 Å². The van der Waals surface area contributed by atoms with Crippen molar-refractivity contribution in [2.45, 2.75) is 19.4 Å². The van der Waals surface area contributed by atoms with E-state index in [4.69, 9.17) is 5.73 Å². The third-order valence-electron chi connectivity index (χ3n) is 3.45. The van der Waals surface area contributed by atoms with Crippen molar-refractivity contribution in [1.82, 2.24) is 15.1 Å². The van der Waals surface area contributed by atoms with Gasteiger partial charge in [-0.15, -0.1) is 23.7 Å². The number of aryl methyl sites for hydroxylation is 1. The van der Waals surface area contributed by atoms with Gasteiger partial charge in [-0.2, -0.15) is 5.10 Å². The predicted molar refractivity (Wildman–Crippen MR) is 99.6 cm³/mol. The van der Waals surface area contributed by atoms with E-state index in [1.165, 1.54) is 4.88 Å². The summed E-state index contributed by atoms with van der Waals surface area (Å²) in [6, 6.07) is 16.2. The standard InChI is InChI=1S/C17H20N4S.ClH/c18-17-12-14(20-21(17)15-7-2-1-3-8-15)6-4-10-19-13-16-9-5-11-22-16;/h1-3,5,7-9,11-12,19H,4,6,10,13,18H2;1H. The van der Waals surface area contributed by atoms with Gasteiger partial charge in [0, 0.05) is 17.5 Å². The number of rotatable bonds is 7. The molecule has 3 aromatic rings. The molecule has 2 heterocycles. The Kier molecular flexibility index (Phi) is 6.65. The molecule has 0 aliphatic heterocycles. The SMILES string of the molecule is Cl.Nc1cc(CCCNCc2cccs2)nn1-c1ccccc1. The zero-order valence-electron chi connectivity index (χ0n) is 12.8. The third kappa shape index (κ3) is 4.82. The third-order valence-corrected chi connectivity index (χ3v) is 4.33. The van der Waals surface area contributed by atoms with E-state index in [9.17, 15) is 0 Å². The lowest BCUT2D eigenvalue weighted by Gasteiger charge is -2.03. The van der Waals surface area contributed by atoms with Crippen LogP contribution in [0.15, 0.2) is 53.9 Å². The fourth-order valence-corrected chi connectivity index (χ4v) is 3.04. The zero-order chi connectivity index (χ0) is 15.2. The van der Waals surface area contributed by atoms with Crippen molar-refractivity contribution in [3.05, 3.63) is 64.5 Å². The maximum Gasteiger partial charge on any atom is 0.127 e. The van der Waals surface area contributed by atoms with Gasteiger partial charge in [0.1, 0.15) is 5.82 Å². The largest absolute Gasteiger partial charge is 0.384 e. The van der Waals surface area contributed by atoms with Gasteiger partial charge in [-0.1, -0.05) is 24.3 Å². The minimum atomic E-state index is 0. The molecule has 3 rings (SSSR count). The molecule has 0 atom stereocenters. The van der Waals surface area contributed by atoms with Gasteiger partial charge < -0.3 is 11.1 Å². The van der Waals surface area contributed by atoms with Crippen molar-refractivity contribution in [3.8, 4) is 5.69 Å². The molecular formula is C17H21ClN4S. The number of nitrogen functional groups attached to an aromatic ring is 1. The molecule has 122 valence electrons. The number of hydrogen-bond donors (Lipinski definition) is 2. The number of anilines is 1. The first kappa shape index (κ1) is 17.5. The van der Waals surface area contributed by atoms with Crippen molar-refractivity contribution in [2.75, 3.05) is 12.3 Å². The molecule has 0 saturated heterocycles. The van der Waals surface area contributed by atoms with Crippen molar-refractivity contribution >= 4 is 29.6 Å². The minimum absolute atomic E-state index is 0. The van der Waals surface area contributed by atoms with Gasteiger partial charge in [-0.3, -0.25) is 0 Å². The summed E-state index contributed by atoms with van der Waals surface area (Å²) in [7, 11) is 0. The first-order chi connectivity index (χ1) is 10.8. The summed E-state index contributed by atoms with van der Waals surface area (Å²) < 4.78 is 1.80. The first-order valence-electron chi connectivity index (χ1n) is 7.46. The van der Waals surface area contributed by atoms with Crippen LogP contribution in [0.5, 0.6) is 0 Å². The molecule has 0 radical (unpaired) electrons. The molecule has 0 saturated carbocycles. The monoisotopic (exact) mass is 348 g/mol. The molecule has 0 bridgehead atoms. The molecule has 4 nitrogen and oxygen atoms in total. The smallest absolute Gasteiger partial charge is 0.127 e. The molecule has 1 aromatic carbocycles. The summed E-state index contributed by atoms with van der Waals surface area (Å²) in [6.45, 7) is 1.92. The lowest BCUT2D eigenvalue weighted by molar-refractivity contribution is 0.646. The van der Waals surface area contributed by atoms with Gasteiger partial charge in [0.2, 0.25) is 0 Å². The second kappa shape index (κ2) is 8.72. The van der Waals surface area contributed by atoms with E-state index >= 15 is 0 Å². The number of nitrogens with two attached hydrogens (primary N) is 1. The molecule has 0 unspecified atom stereocenters. The van der Waals surface area contributed by atoms with Crippen LogP contribution in [0, 0.1) is 0 Å². The number of thiophene rings is 1. The minimum Gasteiger partial charge on any atom is -0.384 e. The molecule has 0 spiro atoms. The quantitative estimate of drug-likeness (QED) is 0.641. The summed E-state index contributed by atoms with van der Waals surface area (Å²) >= 11 is 1.79. The van der Waals surface area contributed by atoms with Crippen LogP contribution in [0.1, 0.15) is 17.0 Å². The number of nitrogens with zero attached hydrogens (tertiary/aromatic N) is 2. The van der Waals surface area contributed by atoms with Gasteiger partial charge in [-0.25, -0.2) is 4.68 Å². The van der Waals surface area contributed by atoms with Gasteiger partial charge in [0.15, 0.2) is 0 Å². The van der Waals surface area contributed by atoms with E-state index in [1.807, 2.05) is 36.4 Å². The lowest BCUT2D eigenvalue weighted by atomic mass is 10.2. The van der Waals surface area contributed by atoms with E-state index in [0.717, 1.165) is 37.3 Å². The van der Waals surface area contributed by atoms with Crippen LogP contribution in [0.4, 0.5) is 5.82 Å². The van der Waals surface area contributed by atoms with Crippen LogP contribution in [-0.4, -0.2) is 16.3 Å². The van der Waals surface area contributed by atoms with Crippen LogP contribution >= 0.6 is 23.7 Å². The van der Waals surface area contributed by atoms with E-state index in [0.29, 0.717) is 5.82 Å². The van der Waals surface area contributed by atoms with Crippen molar-refractivity contribution < 1.29 is 0 Å². The molecule has 23 heavy (non-hydrogen) atoms. The van der Waals surface area contributed by atoms with Crippen LogP contribution in [-0.2, 0) is 13.0 Å². The molecule has 0 fully saturated rings. The predicted octanol–water partition coefficient (Wildman–Crippen LogP) is 3.66. The van der Waals surface area contributed by atoms with Crippen LogP contribution in [0.3, 0.4) is 0 Å². The number of para-hydroxylation sites is 1. The maximum absolute atomic E-state index is 6.05. The summed E-state index contributed by atoms with van der Waals surface area (Å²) in [4.78, 5) is 1.37. The number of hydrogen-bond acceptors (Lipinski definition) is 4. The van der Waals surface area contributed by atoms with Crippen LogP contribution < -0.4 is 11.1 Å². The summed E-state index contributed by atoms with van der Waals surface area (Å²) in [5.74, 6) is 0.688. The fraction of sp³-hybridized carbons (Fsp3) is 0.235. The average Bonchev–Trinajstić information content (AvgIpc) is 3.17. The second-order valence-corrected chi connectivity index (χ2v) is 6.20. The number of halogens is 1. The summed E-state index contributed by atoms with van der Waals surface area (Å²) in [5, 5.41) is 10.2. The first-order valence-corrected chi connectivity index (χ1v) is 8.34. The average molecular weight is 349 g/mol. The molecule has 2 aromatic heterocycles. The Morgan fingerprint density at radius 3 is 2.70 bits per heavy atom. The zero-order valence-corrected chi connectivity index (χ0v) is 14.4. The highest BCUT2D eigenvalue weighted by Crippen LogP contribution is 2.15. The number of benzene rings is 1. The summed E-state index contributed by atoms with van der Waals surface area (Å²) in [5.41, 5.74) is 8.10. The molecular weight excluding hydrogens is 328 g/mol. The van der Waals surface area contributed by atoms with Crippen molar-refractivity contribution in [1.29, 1.82) is 0 Å². The number of nitrogens with one attached hydrogen (secondary N) is 1. The van der Waals surface area contributed by atoms with Crippen LogP contribution in [0.25, 0.3) is 5.69 Å². The second-order valence-electron chi connectivity index (χ2n) is 5.17. The Labute approximate surface area is 146 Å². The Bertz CT molecular complexity index is 695. The highest BCUT2D eigenvalue weighted by molar-refractivity contribution is 7.09. The van der Waals surface area contributed by atoms with Gasteiger partial charge in [0.05, 0.1) is 11.4 Å². The Hall–Kier alpha value is -1.82. The molecule has 6 heteroatoms. The summed E-state index contributed by atoms with van der Waals surface area (Å²) in [6.07, 6.45) is 1.98. The van der Waals surface area contributed by atoms with Crippen LogP contribution in [0.2, 0.25) is 0 Å². The maximum atomic E-state index is 6.05. The molecule has 3 N–H and O–H groups in total. The molecule has 0 aliphatic carbocycles. The normalized spacial score (nSPS) is 10.4. The van der Waals surface area contributed by atoms with E-state index in [2.05, 4.69) is 27.9 Å². The van der Waals surface area contributed by atoms with E-state index in [-0.39, 0.29) is 12.4 Å². The highest BCUT2D eigenvalue weighted by Gasteiger charge is 2.06. The topological polar surface area (TPSA) is 55.9 Å². The van der Waals surface area contributed by atoms with Crippen molar-refractivity contribution in [2.24, 2.45) is 0 Å². The number of aromatic nitrogens is 2. The Balaban J connectivity index is 0.00000192.